The van der Waals surface area contributed by atoms with Crippen LogP contribution in [0.4, 0.5) is 0 Å². The van der Waals surface area contributed by atoms with E-state index >= 15 is 0 Å². The predicted octanol–water partition coefficient (Wildman–Crippen LogP) is 4.88. The van der Waals surface area contributed by atoms with Crippen LogP contribution < -0.4 is 15.4 Å². The molecular weight excluding hydrogens is 471 g/mol. The molecule has 0 aliphatic carbocycles. The van der Waals surface area contributed by atoms with E-state index in [9.17, 15) is 5.11 Å². The summed E-state index contributed by atoms with van der Waals surface area (Å²) in [5, 5.41) is 17.7. The SMILES string of the molecule is CS[C@]1(I)NC(C)(C)C[C@@]2(C[C@@H](c3ccccc3)Oc3cc(O)ccc32)N1. The van der Waals surface area contributed by atoms with Crippen LogP contribution in [0.15, 0.2) is 48.5 Å². The fourth-order valence-electron chi connectivity index (χ4n) is 4.48. The summed E-state index contributed by atoms with van der Waals surface area (Å²) < 4.78 is 6.08. The van der Waals surface area contributed by atoms with E-state index < -0.39 is 0 Å². The molecule has 1 saturated heterocycles. The van der Waals surface area contributed by atoms with Gasteiger partial charge in [0.15, 0.2) is 3.00 Å². The molecule has 1 fully saturated rings. The molecule has 0 saturated carbocycles. The van der Waals surface area contributed by atoms with E-state index in [2.05, 4.69) is 65.5 Å². The first-order valence-electron chi connectivity index (χ1n) is 9.12. The van der Waals surface area contributed by atoms with Crippen molar-refractivity contribution < 1.29 is 9.84 Å². The Balaban J connectivity index is 1.85. The molecular formula is C21H25IN2O2S. The minimum atomic E-state index is -0.284. The molecule has 3 N–H and O–H groups in total. The van der Waals surface area contributed by atoms with Gasteiger partial charge in [-0.05, 0) is 66.8 Å². The van der Waals surface area contributed by atoms with Crippen molar-refractivity contribution in [3.8, 4) is 11.5 Å². The van der Waals surface area contributed by atoms with Crippen molar-refractivity contribution >= 4 is 34.4 Å². The van der Waals surface area contributed by atoms with Gasteiger partial charge in [0.05, 0.1) is 5.54 Å². The van der Waals surface area contributed by atoms with Gasteiger partial charge in [0, 0.05) is 23.6 Å². The highest BCUT2D eigenvalue weighted by Crippen LogP contribution is 2.53. The number of thioether (sulfide) groups is 1. The summed E-state index contributed by atoms with van der Waals surface area (Å²) in [7, 11) is 0. The average molecular weight is 496 g/mol. The van der Waals surface area contributed by atoms with Gasteiger partial charge in [-0.15, -0.1) is 11.8 Å². The van der Waals surface area contributed by atoms with Crippen LogP contribution in [0.2, 0.25) is 0 Å². The van der Waals surface area contributed by atoms with Gasteiger partial charge in [0.1, 0.15) is 17.6 Å². The molecule has 2 aliphatic rings. The van der Waals surface area contributed by atoms with Crippen LogP contribution in [0.1, 0.15) is 43.9 Å². The largest absolute Gasteiger partial charge is 0.508 e. The van der Waals surface area contributed by atoms with Crippen LogP contribution in [-0.4, -0.2) is 19.9 Å². The number of rotatable bonds is 2. The monoisotopic (exact) mass is 496 g/mol. The Morgan fingerprint density at radius 2 is 1.89 bits per heavy atom. The fourth-order valence-corrected chi connectivity index (χ4v) is 6.41. The zero-order valence-electron chi connectivity index (χ0n) is 15.8. The molecule has 6 heteroatoms. The first-order chi connectivity index (χ1) is 12.7. The zero-order valence-corrected chi connectivity index (χ0v) is 18.7. The maximum atomic E-state index is 10.1. The molecule has 0 radical (unpaired) electrons. The Kier molecular flexibility index (Phi) is 4.90. The average Bonchev–Trinajstić information content (AvgIpc) is 2.60. The fraction of sp³-hybridized carbons (Fsp3) is 0.429. The number of benzene rings is 2. The lowest BCUT2D eigenvalue weighted by Crippen LogP contribution is -2.71. The minimum absolute atomic E-state index is 0.0524. The van der Waals surface area contributed by atoms with Gasteiger partial charge >= 0.3 is 0 Å². The summed E-state index contributed by atoms with van der Waals surface area (Å²) in [4.78, 5) is 0. The highest BCUT2D eigenvalue weighted by Gasteiger charge is 2.53. The lowest BCUT2D eigenvalue weighted by atomic mass is 9.72. The van der Waals surface area contributed by atoms with Crippen molar-refractivity contribution in [3.05, 3.63) is 59.7 Å². The summed E-state index contributed by atoms with van der Waals surface area (Å²) in [5.74, 6) is 0.997. The number of phenols is 1. The van der Waals surface area contributed by atoms with Gasteiger partial charge < -0.3 is 9.84 Å². The molecule has 2 aromatic carbocycles. The maximum Gasteiger partial charge on any atom is 0.171 e. The number of fused-ring (bicyclic) bond motifs is 2. The molecule has 4 nitrogen and oxygen atoms in total. The first-order valence-corrected chi connectivity index (χ1v) is 11.4. The van der Waals surface area contributed by atoms with E-state index in [1.807, 2.05) is 24.3 Å². The number of aromatic hydroxyl groups is 1. The second kappa shape index (κ2) is 6.83. The molecule has 144 valence electrons. The van der Waals surface area contributed by atoms with Crippen molar-refractivity contribution in [1.29, 1.82) is 0 Å². The molecule has 0 bridgehead atoms. The third-order valence-corrected chi connectivity index (χ3v) is 8.01. The number of hydrogen-bond acceptors (Lipinski definition) is 5. The third kappa shape index (κ3) is 3.69. The molecule has 1 spiro atoms. The van der Waals surface area contributed by atoms with Gasteiger partial charge in [0.2, 0.25) is 0 Å². The van der Waals surface area contributed by atoms with E-state index in [4.69, 9.17) is 4.74 Å². The molecule has 0 aromatic heterocycles. The summed E-state index contributed by atoms with van der Waals surface area (Å²) >= 11 is 4.24. The van der Waals surface area contributed by atoms with Gasteiger partial charge in [-0.2, -0.15) is 0 Å². The molecule has 4 rings (SSSR count). The predicted molar refractivity (Wildman–Crippen MR) is 119 cm³/mol. The van der Waals surface area contributed by atoms with Crippen LogP contribution in [0, 0.1) is 0 Å². The third-order valence-electron chi connectivity index (χ3n) is 5.38. The summed E-state index contributed by atoms with van der Waals surface area (Å²) in [6, 6.07) is 15.9. The van der Waals surface area contributed by atoms with Crippen molar-refractivity contribution in [3.63, 3.8) is 0 Å². The van der Waals surface area contributed by atoms with Gasteiger partial charge in [-0.1, -0.05) is 30.3 Å². The van der Waals surface area contributed by atoms with Crippen LogP contribution in [0.5, 0.6) is 11.5 Å². The van der Waals surface area contributed by atoms with Crippen molar-refractivity contribution in [2.75, 3.05) is 6.26 Å². The van der Waals surface area contributed by atoms with Crippen LogP contribution >= 0.6 is 34.4 Å². The Morgan fingerprint density at radius 3 is 2.59 bits per heavy atom. The number of halogens is 1. The molecule has 3 atom stereocenters. The molecule has 0 amide bonds. The topological polar surface area (TPSA) is 53.5 Å². The van der Waals surface area contributed by atoms with Crippen molar-refractivity contribution in [2.45, 2.75) is 46.9 Å². The second-order valence-corrected chi connectivity index (χ2v) is 11.5. The Morgan fingerprint density at radius 1 is 1.15 bits per heavy atom. The highest BCUT2D eigenvalue weighted by molar-refractivity contribution is 14.1. The van der Waals surface area contributed by atoms with E-state index in [1.165, 1.54) is 0 Å². The van der Waals surface area contributed by atoms with Crippen LogP contribution in [0.25, 0.3) is 0 Å². The summed E-state index contributed by atoms with van der Waals surface area (Å²) in [6.45, 7) is 4.51. The van der Waals surface area contributed by atoms with Gasteiger partial charge in [-0.3, -0.25) is 10.6 Å². The number of ether oxygens (including phenoxy) is 1. The lowest BCUT2D eigenvalue weighted by molar-refractivity contribution is 0.0488. The van der Waals surface area contributed by atoms with Crippen molar-refractivity contribution in [1.82, 2.24) is 10.6 Å². The van der Waals surface area contributed by atoms with Crippen molar-refractivity contribution in [2.24, 2.45) is 0 Å². The maximum absolute atomic E-state index is 10.1. The smallest absolute Gasteiger partial charge is 0.171 e. The first kappa shape index (κ1) is 19.4. The molecule has 0 unspecified atom stereocenters. The molecule has 27 heavy (non-hydrogen) atoms. The standard InChI is InChI=1S/C21H25IN2O2S/c1-19(2)13-20(24-21(22,23-19)27-3)12-18(14-7-5-4-6-8-14)26-17-11-15(25)9-10-16(17)20/h4-11,18,23-25H,12-13H2,1-3H3/t18-,20+,21+/m0/s1. The Labute approximate surface area is 178 Å². The Hall–Kier alpha value is -0.960. The van der Waals surface area contributed by atoms with Gasteiger partial charge in [0.25, 0.3) is 0 Å². The van der Waals surface area contributed by atoms with Crippen LogP contribution in [0.3, 0.4) is 0 Å². The summed E-state index contributed by atoms with van der Waals surface area (Å²) in [6.07, 6.45) is 3.82. The van der Waals surface area contributed by atoms with E-state index in [1.54, 1.807) is 23.9 Å². The molecule has 2 aromatic rings. The normalized spacial score (nSPS) is 31.9. The van der Waals surface area contributed by atoms with Gasteiger partial charge in [-0.25, -0.2) is 0 Å². The number of hydrogen-bond donors (Lipinski definition) is 3. The molecule has 2 aliphatic heterocycles. The lowest BCUT2D eigenvalue weighted by Gasteiger charge is -2.56. The van der Waals surface area contributed by atoms with E-state index in [0.29, 0.717) is 0 Å². The quantitative estimate of drug-likeness (QED) is 0.314. The number of alkyl halides is 1. The summed E-state index contributed by atoms with van der Waals surface area (Å²) in [5.41, 5.74) is 1.98. The number of nitrogens with one attached hydrogen (secondary N) is 2. The second-order valence-electron chi connectivity index (χ2n) is 8.09. The number of phenolic OH excluding ortho intramolecular Hbond substituents is 1. The Bertz CT molecular complexity index is 847. The zero-order chi connectivity index (χ0) is 19.3. The van der Waals surface area contributed by atoms with E-state index in [-0.39, 0.29) is 25.9 Å². The molecule has 2 heterocycles. The minimum Gasteiger partial charge on any atom is -0.508 e. The van der Waals surface area contributed by atoms with Crippen LogP contribution in [-0.2, 0) is 5.54 Å². The highest BCUT2D eigenvalue weighted by atomic mass is 127. The van der Waals surface area contributed by atoms with E-state index in [0.717, 1.165) is 29.7 Å².